The molecular formula is C16H15Cl2NO2. The van der Waals surface area contributed by atoms with Crippen LogP contribution < -0.4 is 10.1 Å². The van der Waals surface area contributed by atoms with Gasteiger partial charge in [-0.25, -0.2) is 0 Å². The maximum atomic E-state index is 11.8. The summed E-state index contributed by atoms with van der Waals surface area (Å²) >= 11 is 11.7. The lowest BCUT2D eigenvalue weighted by Crippen LogP contribution is -2.15. The van der Waals surface area contributed by atoms with Gasteiger partial charge in [-0.15, -0.1) is 0 Å². The highest BCUT2D eigenvalue weighted by molar-refractivity contribution is 6.31. The van der Waals surface area contributed by atoms with E-state index in [0.717, 1.165) is 11.3 Å². The fraction of sp³-hybridized carbons (Fsp3) is 0.188. The van der Waals surface area contributed by atoms with Gasteiger partial charge in [-0.1, -0.05) is 29.3 Å². The molecule has 0 saturated carbocycles. The molecule has 0 atom stereocenters. The van der Waals surface area contributed by atoms with Crippen LogP contribution >= 0.6 is 23.2 Å². The van der Waals surface area contributed by atoms with Crippen molar-refractivity contribution in [2.75, 3.05) is 11.9 Å². The minimum Gasteiger partial charge on any atom is -0.493 e. The zero-order valence-electron chi connectivity index (χ0n) is 11.5. The number of amides is 1. The van der Waals surface area contributed by atoms with E-state index in [9.17, 15) is 4.79 Å². The molecule has 1 amide bonds. The smallest absolute Gasteiger partial charge is 0.227 e. The van der Waals surface area contributed by atoms with Crippen molar-refractivity contribution in [1.82, 2.24) is 0 Å². The predicted molar refractivity (Wildman–Crippen MR) is 86.4 cm³/mol. The molecular weight excluding hydrogens is 309 g/mol. The number of ether oxygens (including phenoxy) is 1. The third-order valence-corrected chi connectivity index (χ3v) is 3.30. The highest BCUT2D eigenvalue weighted by Crippen LogP contribution is 2.22. The molecule has 1 N–H and O–H groups in total. The lowest BCUT2D eigenvalue weighted by Gasteiger charge is -2.09. The highest BCUT2D eigenvalue weighted by Gasteiger charge is 2.05. The summed E-state index contributed by atoms with van der Waals surface area (Å²) in [6, 6.07) is 12.4. The second-order valence-electron chi connectivity index (χ2n) is 4.57. The van der Waals surface area contributed by atoms with Gasteiger partial charge in [-0.2, -0.15) is 0 Å². The summed E-state index contributed by atoms with van der Waals surface area (Å²) < 4.78 is 5.58. The first kappa shape index (κ1) is 15.7. The van der Waals surface area contributed by atoms with Gasteiger partial charge in [-0.05, 0) is 48.9 Å². The number of rotatable bonds is 5. The Balaban J connectivity index is 1.81. The van der Waals surface area contributed by atoms with Gasteiger partial charge in [0.2, 0.25) is 5.91 Å². The second kappa shape index (κ2) is 7.34. The van der Waals surface area contributed by atoms with Gasteiger partial charge in [0.25, 0.3) is 0 Å². The van der Waals surface area contributed by atoms with Crippen molar-refractivity contribution in [2.45, 2.75) is 13.3 Å². The fourth-order valence-corrected chi connectivity index (χ4v) is 2.24. The third kappa shape index (κ3) is 4.96. The first-order chi connectivity index (χ1) is 10.0. The molecule has 21 heavy (non-hydrogen) atoms. The van der Waals surface area contributed by atoms with E-state index in [1.165, 1.54) is 0 Å². The van der Waals surface area contributed by atoms with Crippen molar-refractivity contribution < 1.29 is 9.53 Å². The lowest BCUT2D eigenvalue weighted by molar-refractivity contribution is -0.116. The number of nitrogens with one attached hydrogen (secondary N) is 1. The first-order valence-corrected chi connectivity index (χ1v) is 7.24. The van der Waals surface area contributed by atoms with Gasteiger partial charge >= 0.3 is 0 Å². The van der Waals surface area contributed by atoms with Gasteiger partial charge in [0.1, 0.15) is 5.75 Å². The summed E-state index contributed by atoms with van der Waals surface area (Å²) in [5.41, 5.74) is 1.62. The summed E-state index contributed by atoms with van der Waals surface area (Å²) in [5, 5.41) is 4.02. The standard InChI is InChI=1S/C16H15Cl2NO2/c1-11-9-13(18)5-6-15(11)21-8-7-16(20)19-14-4-2-3-12(17)10-14/h2-6,9-10H,7-8H2,1H3,(H,19,20). The van der Waals surface area contributed by atoms with Gasteiger partial charge in [0.05, 0.1) is 13.0 Å². The molecule has 2 aromatic carbocycles. The van der Waals surface area contributed by atoms with Crippen LogP contribution in [0.3, 0.4) is 0 Å². The number of hydrogen-bond donors (Lipinski definition) is 1. The van der Waals surface area contributed by atoms with Crippen molar-refractivity contribution in [3.63, 3.8) is 0 Å². The lowest BCUT2D eigenvalue weighted by atomic mass is 10.2. The molecule has 0 aliphatic heterocycles. The third-order valence-electron chi connectivity index (χ3n) is 2.83. The van der Waals surface area contributed by atoms with E-state index in [1.807, 2.05) is 13.0 Å². The van der Waals surface area contributed by atoms with Crippen LogP contribution in [0, 0.1) is 6.92 Å². The number of benzene rings is 2. The Bertz CT molecular complexity index is 644. The van der Waals surface area contributed by atoms with E-state index in [2.05, 4.69) is 5.32 Å². The molecule has 0 spiro atoms. The summed E-state index contributed by atoms with van der Waals surface area (Å²) in [7, 11) is 0. The van der Waals surface area contributed by atoms with E-state index >= 15 is 0 Å². The Morgan fingerprint density at radius 2 is 1.90 bits per heavy atom. The number of hydrogen-bond acceptors (Lipinski definition) is 2. The summed E-state index contributed by atoms with van der Waals surface area (Å²) in [5.74, 6) is 0.610. The number of aryl methyl sites for hydroxylation is 1. The molecule has 0 aliphatic rings. The van der Waals surface area contributed by atoms with Crippen LogP contribution in [-0.2, 0) is 4.79 Å². The molecule has 2 aromatic rings. The Morgan fingerprint density at radius 1 is 1.14 bits per heavy atom. The molecule has 5 heteroatoms. The number of carbonyl (C=O) groups excluding carboxylic acids is 1. The van der Waals surface area contributed by atoms with Crippen LogP contribution in [-0.4, -0.2) is 12.5 Å². The Labute approximate surface area is 133 Å². The Kier molecular flexibility index (Phi) is 5.48. The molecule has 0 radical (unpaired) electrons. The van der Waals surface area contributed by atoms with Crippen LogP contribution in [0.15, 0.2) is 42.5 Å². The summed E-state index contributed by atoms with van der Waals surface area (Å²) in [6.07, 6.45) is 0.259. The van der Waals surface area contributed by atoms with Gasteiger partial charge in [-0.3, -0.25) is 4.79 Å². The Morgan fingerprint density at radius 3 is 2.62 bits per heavy atom. The largest absolute Gasteiger partial charge is 0.493 e. The summed E-state index contributed by atoms with van der Waals surface area (Å²) in [4.78, 5) is 11.8. The van der Waals surface area contributed by atoms with Crippen molar-refractivity contribution in [3.05, 3.63) is 58.1 Å². The first-order valence-electron chi connectivity index (χ1n) is 6.49. The number of carbonyl (C=O) groups is 1. The topological polar surface area (TPSA) is 38.3 Å². The van der Waals surface area contributed by atoms with E-state index in [1.54, 1.807) is 36.4 Å². The minimum absolute atomic E-state index is 0.121. The average Bonchev–Trinajstić information content (AvgIpc) is 2.41. The molecule has 0 aliphatic carbocycles. The van der Waals surface area contributed by atoms with E-state index in [4.69, 9.17) is 27.9 Å². The van der Waals surface area contributed by atoms with Crippen molar-refractivity contribution in [3.8, 4) is 5.75 Å². The molecule has 3 nitrogen and oxygen atoms in total. The van der Waals surface area contributed by atoms with E-state index < -0.39 is 0 Å². The van der Waals surface area contributed by atoms with Gasteiger partial charge in [0, 0.05) is 15.7 Å². The van der Waals surface area contributed by atoms with E-state index in [-0.39, 0.29) is 12.3 Å². The Hall–Kier alpha value is -1.71. The zero-order valence-corrected chi connectivity index (χ0v) is 13.0. The normalized spacial score (nSPS) is 10.2. The molecule has 0 bridgehead atoms. The zero-order chi connectivity index (χ0) is 15.2. The molecule has 110 valence electrons. The SMILES string of the molecule is Cc1cc(Cl)ccc1OCCC(=O)Nc1cccc(Cl)c1. The van der Waals surface area contributed by atoms with Crippen molar-refractivity contribution >= 4 is 34.8 Å². The van der Waals surface area contributed by atoms with Gasteiger partial charge < -0.3 is 10.1 Å². The van der Waals surface area contributed by atoms with Crippen LogP contribution in [0.2, 0.25) is 10.0 Å². The molecule has 0 aromatic heterocycles. The van der Waals surface area contributed by atoms with Crippen LogP contribution in [0.5, 0.6) is 5.75 Å². The van der Waals surface area contributed by atoms with Crippen LogP contribution in [0.25, 0.3) is 0 Å². The highest BCUT2D eigenvalue weighted by atomic mass is 35.5. The van der Waals surface area contributed by atoms with Crippen molar-refractivity contribution in [2.24, 2.45) is 0 Å². The van der Waals surface area contributed by atoms with Crippen molar-refractivity contribution in [1.29, 1.82) is 0 Å². The minimum atomic E-state index is -0.121. The number of anilines is 1. The fourth-order valence-electron chi connectivity index (χ4n) is 1.82. The second-order valence-corrected chi connectivity index (χ2v) is 5.44. The maximum absolute atomic E-state index is 11.8. The average molecular weight is 324 g/mol. The molecule has 0 saturated heterocycles. The number of halogens is 2. The predicted octanol–water partition coefficient (Wildman–Crippen LogP) is 4.71. The quantitative estimate of drug-likeness (QED) is 0.865. The maximum Gasteiger partial charge on any atom is 0.227 e. The van der Waals surface area contributed by atoms with E-state index in [0.29, 0.717) is 22.3 Å². The van der Waals surface area contributed by atoms with Crippen LogP contribution in [0.1, 0.15) is 12.0 Å². The molecule has 0 fully saturated rings. The molecule has 0 heterocycles. The monoisotopic (exact) mass is 323 g/mol. The summed E-state index contributed by atoms with van der Waals surface area (Å²) in [6.45, 7) is 2.21. The molecule has 2 rings (SSSR count). The van der Waals surface area contributed by atoms with Gasteiger partial charge in [0.15, 0.2) is 0 Å². The molecule has 0 unspecified atom stereocenters. The van der Waals surface area contributed by atoms with Crippen LogP contribution in [0.4, 0.5) is 5.69 Å².